The van der Waals surface area contributed by atoms with Crippen LogP contribution >= 0.6 is 0 Å². The minimum absolute atomic E-state index is 0.102. The van der Waals surface area contributed by atoms with Crippen LogP contribution in [-0.4, -0.2) is 63.4 Å². The van der Waals surface area contributed by atoms with E-state index in [1.807, 2.05) is 37.3 Å². The topological polar surface area (TPSA) is 91.4 Å². The zero-order chi connectivity index (χ0) is 21.5. The van der Waals surface area contributed by atoms with Gasteiger partial charge in [-0.3, -0.25) is 9.08 Å². The fraction of sp³-hybridized carbons (Fsp3) is 0.571. The molecule has 8 nitrogen and oxygen atoms in total. The zero-order valence-corrected chi connectivity index (χ0v) is 17.9. The first kappa shape index (κ1) is 21.3. The van der Waals surface area contributed by atoms with E-state index >= 15 is 0 Å². The van der Waals surface area contributed by atoms with Gasteiger partial charge in [0, 0.05) is 12.5 Å². The number of carbonyl (C=O) groups is 1. The van der Waals surface area contributed by atoms with Crippen LogP contribution in [-0.2, 0) is 35.1 Å². The molecule has 1 aromatic carbocycles. The second-order valence-corrected chi connectivity index (χ2v) is 9.89. The van der Waals surface area contributed by atoms with Gasteiger partial charge in [-0.25, -0.2) is 4.79 Å². The van der Waals surface area contributed by atoms with Gasteiger partial charge in [0.15, 0.2) is 6.29 Å². The predicted octanol–water partition coefficient (Wildman–Crippen LogP) is 2.31. The predicted molar refractivity (Wildman–Crippen MR) is 108 cm³/mol. The van der Waals surface area contributed by atoms with Gasteiger partial charge in [0.2, 0.25) is 0 Å². The maximum atomic E-state index is 12.9. The summed E-state index contributed by atoms with van der Waals surface area (Å²) in [7, 11) is -3.58. The molecule has 0 N–H and O–H groups in total. The molecule has 3 fully saturated rings. The molecule has 0 aliphatic carbocycles. The van der Waals surface area contributed by atoms with Crippen molar-refractivity contribution in [3.63, 3.8) is 0 Å². The molecule has 3 aliphatic rings. The maximum absolute atomic E-state index is 12.9. The second kappa shape index (κ2) is 8.30. The highest BCUT2D eigenvalue weighted by Gasteiger charge is 2.58. The number of hydrogen-bond acceptors (Lipinski definition) is 7. The van der Waals surface area contributed by atoms with E-state index in [4.69, 9.17) is 18.4 Å². The first-order valence-corrected chi connectivity index (χ1v) is 11.8. The molecule has 3 heterocycles. The van der Waals surface area contributed by atoms with Crippen LogP contribution in [0.5, 0.6) is 0 Å². The summed E-state index contributed by atoms with van der Waals surface area (Å²) in [5, 5.41) is 0. The Kier molecular flexibility index (Phi) is 5.89. The molecule has 0 aromatic heterocycles. The highest BCUT2D eigenvalue weighted by atomic mass is 32.2. The second-order valence-electron chi connectivity index (χ2n) is 8.24. The molecule has 3 saturated heterocycles. The van der Waals surface area contributed by atoms with E-state index in [1.165, 1.54) is 0 Å². The molecule has 0 saturated carbocycles. The summed E-state index contributed by atoms with van der Waals surface area (Å²) < 4.78 is 45.1. The van der Waals surface area contributed by atoms with Crippen LogP contribution in [0.4, 0.5) is 4.79 Å². The molecule has 3 aliphatic heterocycles. The molecule has 0 spiro atoms. The van der Waals surface area contributed by atoms with E-state index in [9.17, 15) is 13.2 Å². The summed E-state index contributed by atoms with van der Waals surface area (Å²) in [5.74, 6) is 0.213. The van der Waals surface area contributed by atoms with Crippen LogP contribution in [0.1, 0.15) is 18.9 Å². The van der Waals surface area contributed by atoms with Gasteiger partial charge in [-0.05, 0) is 24.8 Å². The van der Waals surface area contributed by atoms with Gasteiger partial charge in [-0.15, -0.1) is 0 Å². The third kappa shape index (κ3) is 4.39. The summed E-state index contributed by atoms with van der Waals surface area (Å²) in [6.07, 6.45) is -0.192. The quantitative estimate of drug-likeness (QED) is 0.498. The highest BCUT2D eigenvalue weighted by molar-refractivity contribution is 7.85. The summed E-state index contributed by atoms with van der Waals surface area (Å²) in [5.41, 5.74) is 1.90. The fourth-order valence-electron chi connectivity index (χ4n) is 4.64. The number of hydrogen-bond donors (Lipinski definition) is 0. The molecular formula is C21H27NO7S. The molecule has 30 heavy (non-hydrogen) atoms. The van der Waals surface area contributed by atoms with Crippen LogP contribution in [0, 0.1) is 11.8 Å². The molecule has 6 atom stereocenters. The lowest BCUT2D eigenvalue weighted by atomic mass is 9.80. The molecule has 1 amide bonds. The Labute approximate surface area is 176 Å². The van der Waals surface area contributed by atoms with Crippen molar-refractivity contribution in [3.05, 3.63) is 48.0 Å². The van der Waals surface area contributed by atoms with E-state index in [0.717, 1.165) is 17.4 Å². The van der Waals surface area contributed by atoms with Crippen molar-refractivity contribution in [2.75, 3.05) is 19.4 Å². The minimum Gasteiger partial charge on any atom is -0.445 e. The number of carbonyl (C=O) groups excluding carboxylic acids is 1. The number of ether oxygens (including phenoxy) is 3. The van der Waals surface area contributed by atoms with Crippen molar-refractivity contribution >= 4 is 16.2 Å². The Morgan fingerprint density at radius 1 is 1.27 bits per heavy atom. The third-order valence-corrected chi connectivity index (χ3v) is 6.61. The zero-order valence-electron chi connectivity index (χ0n) is 17.1. The maximum Gasteiger partial charge on any atom is 0.410 e. The number of nitrogens with zero attached hydrogens (tertiary/aromatic N) is 1. The van der Waals surface area contributed by atoms with Crippen molar-refractivity contribution in [3.8, 4) is 0 Å². The number of rotatable bonds is 6. The number of benzene rings is 1. The van der Waals surface area contributed by atoms with Crippen molar-refractivity contribution in [2.24, 2.45) is 11.8 Å². The van der Waals surface area contributed by atoms with Crippen LogP contribution in [0.15, 0.2) is 42.5 Å². The molecule has 1 aromatic rings. The molecule has 0 unspecified atom stereocenters. The first-order chi connectivity index (χ1) is 14.2. The van der Waals surface area contributed by atoms with Gasteiger partial charge < -0.3 is 14.2 Å². The van der Waals surface area contributed by atoms with Crippen LogP contribution in [0.25, 0.3) is 0 Å². The Hall–Kier alpha value is -1.94. The Balaban J connectivity index is 1.47. The van der Waals surface area contributed by atoms with E-state index < -0.39 is 28.6 Å². The van der Waals surface area contributed by atoms with Gasteiger partial charge in [0.25, 0.3) is 10.1 Å². The van der Waals surface area contributed by atoms with E-state index in [0.29, 0.717) is 13.0 Å². The normalized spacial score (nSPS) is 32.7. The van der Waals surface area contributed by atoms with Crippen LogP contribution in [0.2, 0.25) is 0 Å². The monoisotopic (exact) mass is 437 g/mol. The molecule has 9 heteroatoms. The summed E-state index contributed by atoms with van der Waals surface area (Å²) >= 11 is 0. The Bertz CT molecular complexity index is 903. The van der Waals surface area contributed by atoms with Crippen LogP contribution in [0.3, 0.4) is 0 Å². The van der Waals surface area contributed by atoms with Crippen molar-refractivity contribution in [2.45, 2.75) is 44.5 Å². The van der Waals surface area contributed by atoms with Crippen molar-refractivity contribution in [1.82, 2.24) is 4.90 Å². The van der Waals surface area contributed by atoms with Gasteiger partial charge >= 0.3 is 6.09 Å². The fourth-order valence-corrected chi connectivity index (χ4v) is 5.02. The first-order valence-electron chi connectivity index (χ1n) is 10.0. The summed E-state index contributed by atoms with van der Waals surface area (Å²) in [6.45, 7) is 6.65. The average molecular weight is 438 g/mol. The lowest BCUT2D eigenvalue weighted by molar-refractivity contribution is -0.138. The largest absolute Gasteiger partial charge is 0.445 e. The summed E-state index contributed by atoms with van der Waals surface area (Å²) in [4.78, 5) is 14.6. The smallest absolute Gasteiger partial charge is 0.410 e. The van der Waals surface area contributed by atoms with Gasteiger partial charge in [-0.1, -0.05) is 42.5 Å². The Morgan fingerprint density at radius 3 is 2.67 bits per heavy atom. The standard InChI is InChI=1S/C21H27NO7S/c1-13(2)16-10-22(21(23)26-11-14-7-5-4-6-8-14)19-15(16)9-17-18(29-20(19)28-17)12-27-30(3,24)25/h4-8,15-20H,1,9-12H2,2-3H3/t15-,16+,17-,18-,19+,20-/m0/s1. The molecule has 2 bridgehead atoms. The highest BCUT2D eigenvalue weighted by Crippen LogP contribution is 2.47. The van der Waals surface area contributed by atoms with Crippen molar-refractivity contribution < 1.29 is 31.6 Å². The van der Waals surface area contributed by atoms with E-state index in [2.05, 4.69) is 6.58 Å². The third-order valence-electron chi connectivity index (χ3n) is 6.04. The SMILES string of the molecule is C=C(C)[C@H]1CN(C(=O)OCc2ccccc2)[C@H]2[C@@H]3O[C@@H](COS(C)(=O)=O)[C@H](C[C@H]21)O3. The molecule has 164 valence electrons. The minimum atomic E-state index is -3.58. The molecular weight excluding hydrogens is 410 g/mol. The lowest BCUT2D eigenvalue weighted by Crippen LogP contribution is -2.49. The number of amides is 1. The van der Waals surface area contributed by atoms with E-state index in [1.54, 1.807) is 4.90 Å². The summed E-state index contributed by atoms with van der Waals surface area (Å²) in [6, 6.07) is 9.19. The van der Waals surface area contributed by atoms with Crippen LogP contribution < -0.4 is 0 Å². The van der Waals surface area contributed by atoms with Gasteiger partial charge in [0.05, 0.1) is 25.0 Å². The average Bonchev–Trinajstić information content (AvgIpc) is 3.24. The number of likely N-dealkylation sites (tertiary alicyclic amines) is 1. The molecule has 4 rings (SSSR count). The number of fused-ring (bicyclic) bond motifs is 4. The van der Waals surface area contributed by atoms with E-state index in [-0.39, 0.29) is 37.2 Å². The van der Waals surface area contributed by atoms with Crippen molar-refractivity contribution in [1.29, 1.82) is 0 Å². The van der Waals surface area contributed by atoms with Gasteiger partial charge in [-0.2, -0.15) is 8.42 Å². The van der Waals surface area contributed by atoms with Gasteiger partial charge in [0.1, 0.15) is 12.7 Å². The molecule has 0 radical (unpaired) electrons. The Morgan fingerprint density at radius 2 is 2.00 bits per heavy atom. The lowest BCUT2D eigenvalue weighted by Gasteiger charge is -2.35.